The molecule has 0 aliphatic rings. The molecule has 0 bridgehead atoms. The monoisotopic (exact) mass is 289 g/mol. The lowest BCUT2D eigenvalue weighted by Gasteiger charge is -2.16. The maximum Gasteiger partial charge on any atom is 0.160 e. The average molecular weight is 289 g/mol. The minimum absolute atomic E-state index is 0.172. The van der Waals surface area contributed by atoms with Crippen molar-refractivity contribution >= 4 is 5.78 Å². The van der Waals surface area contributed by atoms with Gasteiger partial charge in [0.15, 0.2) is 5.78 Å². The third-order valence-corrected chi connectivity index (χ3v) is 4.24. The van der Waals surface area contributed by atoms with Crippen molar-refractivity contribution in [2.24, 2.45) is 0 Å². The van der Waals surface area contributed by atoms with Gasteiger partial charge in [-0.2, -0.15) is 0 Å². The van der Waals surface area contributed by atoms with Crippen LogP contribution in [0.4, 0.5) is 0 Å². The summed E-state index contributed by atoms with van der Waals surface area (Å²) in [6, 6.07) is 2.14. The van der Waals surface area contributed by atoms with Gasteiger partial charge < -0.3 is 5.32 Å². The number of unbranched alkanes of at least 4 members (excludes halogenated alkanes) is 4. The van der Waals surface area contributed by atoms with Gasteiger partial charge in [-0.15, -0.1) is 0 Å². The molecule has 0 aromatic heterocycles. The zero-order chi connectivity index (χ0) is 15.8. The first-order chi connectivity index (χ1) is 9.99. The van der Waals surface area contributed by atoms with E-state index in [0.29, 0.717) is 0 Å². The largest absolute Gasteiger partial charge is 0.313 e. The van der Waals surface area contributed by atoms with Crippen molar-refractivity contribution in [3.8, 4) is 0 Å². The summed E-state index contributed by atoms with van der Waals surface area (Å²) < 4.78 is 0. The van der Waals surface area contributed by atoms with E-state index in [1.54, 1.807) is 6.92 Å². The van der Waals surface area contributed by atoms with Crippen LogP contribution in [0.2, 0.25) is 0 Å². The lowest BCUT2D eigenvalue weighted by molar-refractivity contribution is 0.101. The lowest BCUT2D eigenvalue weighted by atomic mass is 9.91. The molecule has 0 saturated carbocycles. The highest BCUT2D eigenvalue weighted by molar-refractivity contribution is 5.97. The Hall–Kier alpha value is -1.15. The smallest absolute Gasteiger partial charge is 0.160 e. The van der Waals surface area contributed by atoms with E-state index in [2.05, 4.69) is 32.2 Å². The molecule has 1 rings (SSSR count). The Morgan fingerprint density at radius 3 is 2.33 bits per heavy atom. The van der Waals surface area contributed by atoms with Crippen molar-refractivity contribution in [3.05, 3.63) is 33.9 Å². The third kappa shape index (κ3) is 5.28. The molecule has 0 atom stereocenters. The van der Waals surface area contributed by atoms with E-state index >= 15 is 0 Å². The fourth-order valence-electron chi connectivity index (χ4n) is 3.11. The van der Waals surface area contributed by atoms with E-state index in [1.807, 2.05) is 6.92 Å². The molecular formula is C19H31NO. The second-order valence-corrected chi connectivity index (χ2v) is 6.14. The van der Waals surface area contributed by atoms with Gasteiger partial charge in [0.1, 0.15) is 0 Å². The summed E-state index contributed by atoms with van der Waals surface area (Å²) in [7, 11) is 0. The van der Waals surface area contributed by atoms with E-state index in [4.69, 9.17) is 0 Å². The Balaban J connectivity index is 2.59. The molecule has 1 aromatic rings. The molecule has 0 fully saturated rings. The summed E-state index contributed by atoms with van der Waals surface area (Å²) >= 11 is 0. The maximum absolute atomic E-state index is 11.8. The summed E-state index contributed by atoms with van der Waals surface area (Å²) in [6.45, 7) is 12.1. The van der Waals surface area contributed by atoms with Gasteiger partial charge in [0.25, 0.3) is 0 Å². The van der Waals surface area contributed by atoms with Crippen molar-refractivity contribution in [3.63, 3.8) is 0 Å². The molecule has 21 heavy (non-hydrogen) atoms. The van der Waals surface area contributed by atoms with Gasteiger partial charge in [-0.25, -0.2) is 0 Å². The van der Waals surface area contributed by atoms with E-state index in [0.717, 1.165) is 29.8 Å². The number of hydrogen-bond acceptors (Lipinski definition) is 2. The van der Waals surface area contributed by atoms with Crippen molar-refractivity contribution in [1.82, 2.24) is 5.32 Å². The van der Waals surface area contributed by atoms with E-state index < -0.39 is 0 Å². The minimum atomic E-state index is 0.172. The van der Waals surface area contributed by atoms with Gasteiger partial charge >= 0.3 is 0 Å². The molecule has 2 heteroatoms. The number of benzene rings is 1. The normalized spacial score (nSPS) is 10.9. The zero-order valence-corrected chi connectivity index (χ0v) is 14.4. The van der Waals surface area contributed by atoms with Crippen LogP contribution >= 0.6 is 0 Å². The van der Waals surface area contributed by atoms with Crippen LogP contribution in [-0.4, -0.2) is 12.3 Å². The summed E-state index contributed by atoms with van der Waals surface area (Å²) in [4.78, 5) is 11.8. The molecule has 0 radical (unpaired) electrons. The van der Waals surface area contributed by atoms with E-state index in [9.17, 15) is 4.79 Å². The first-order valence-corrected chi connectivity index (χ1v) is 8.30. The lowest BCUT2D eigenvalue weighted by Crippen LogP contribution is -2.17. The first kappa shape index (κ1) is 17.9. The number of aryl methyl sites for hydroxylation is 2. The molecule has 0 saturated heterocycles. The van der Waals surface area contributed by atoms with Crippen molar-refractivity contribution in [1.29, 1.82) is 0 Å². The van der Waals surface area contributed by atoms with Crippen LogP contribution in [0.5, 0.6) is 0 Å². The molecule has 0 heterocycles. The number of ketones is 1. The average Bonchev–Trinajstić information content (AvgIpc) is 2.40. The van der Waals surface area contributed by atoms with Crippen LogP contribution < -0.4 is 5.32 Å². The molecule has 0 amide bonds. The van der Waals surface area contributed by atoms with Crippen LogP contribution in [0.1, 0.15) is 78.6 Å². The SMILES string of the molecule is CCCCCCCNCc1c(C)cc(C)c(C(C)=O)c1C. The van der Waals surface area contributed by atoms with Crippen molar-refractivity contribution in [2.75, 3.05) is 6.54 Å². The Morgan fingerprint density at radius 2 is 1.71 bits per heavy atom. The summed E-state index contributed by atoms with van der Waals surface area (Å²) in [5.41, 5.74) is 5.73. The molecule has 0 unspecified atom stereocenters. The maximum atomic E-state index is 11.8. The standard InChI is InChI=1S/C19H31NO/c1-6-7-8-9-10-11-20-13-18-14(2)12-15(3)19(16(18)4)17(5)21/h12,20H,6-11,13H2,1-5H3. The highest BCUT2D eigenvalue weighted by Gasteiger charge is 2.13. The minimum Gasteiger partial charge on any atom is -0.313 e. The fraction of sp³-hybridized carbons (Fsp3) is 0.632. The topological polar surface area (TPSA) is 29.1 Å². The highest BCUT2D eigenvalue weighted by atomic mass is 16.1. The van der Waals surface area contributed by atoms with Crippen molar-refractivity contribution in [2.45, 2.75) is 73.3 Å². The molecule has 0 spiro atoms. The van der Waals surface area contributed by atoms with Crippen LogP contribution in [-0.2, 0) is 6.54 Å². The molecular weight excluding hydrogens is 258 g/mol. The Labute approximate surface area is 130 Å². The Morgan fingerprint density at radius 1 is 1.05 bits per heavy atom. The molecule has 1 aromatic carbocycles. The third-order valence-electron chi connectivity index (χ3n) is 4.24. The summed E-state index contributed by atoms with van der Waals surface area (Å²) in [6.07, 6.45) is 6.53. The molecule has 118 valence electrons. The van der Waals surface area contributed by atoms with Crippen LogP contribution in [0, 0.1) is 20.8 Å². The van der Waals surface area contributed by atoms with Gasteiger partial charge in [-0.3, -0.25) is 4.79 Å². The molecule has 0 aliphatic heterocycles. The second-order valence-electron chi connectivity index (χ2n) is 6.14. The van der Waals surface area contributed by atoms with Gasteiger partial charge in [0, 0.05) is 12.1 Å². The molecule has 1 N–H and O–H groups in total. The Bertz CT molecular complexity index is 477. The number of carbonyl (C=O) groups excluding carboxylic acids is 1. The number of hydrogen-bond donors (Lipinski definition) is 1. The zero-order valence-electron chi connectivity index (χ0n) is 14.4. The molecule has 2 nitrogen and oxygen atoms in total. The number of Topliss-reactive ketones (excluding diaryl/α,β-unsaturated/α-hetero) is 1. The number of nitrogens with one attached hydrogen (secondary N) is 1. The van der Waals surface area contributed by atoms with E-state index in [1.165, 1.54) is 43.2 Å². The van der Waals surface area contributed by atoms with Gasteiger partial charge in [-0.05, 0) is 62.9 Å². The van der Waals surface area contributed by atoms with Crippen molar-refractivity contribution < 1.29 is 4.79 Å². The Kier molecular flexibility index (Phi) is 7.66. The van der Waals surface area contributed by atoms with Crippen LogP contribution in [0.25, 0.3) is 0 Å². The van der Waals surface area contributed by atoms with E-state index in [-0.39, 0.29) is 5.78 Å². The van der Waals surface area contributed by atoms with Crippen LogP contribution in [0.15, 0.2) is 6.07 Å². The number of rotatable bonds is 9. The van der Waals surface area contributed by atoms with Gasteiger partial charge in [0.2, 0.25) is 0 Å². The van der Waals surface area contributed by atoms with Gasteiger partial charge in [0.05, 0.1) is 0 Å². The van der Waals surface area contributed by atoms with Gasteiger partial charge in [-0.1, -0.05) is 38.7 Å². The predicted octanol–water partition coefficient (Wildman–Crippen LogP) is 4.87. The highest BCUT2D eigenvalue weighted by Crippen LogP contribution is 2.22. The first-order valence-electron chi connectivity index (χ1n) is 8.30. The second kappa shape index (κ2) is 8.99. The summed E-state index contributed by atoms with van der Waals surface area (Å²) in [5, 5.41) is 3.53. The fourth-order valence-corrected chi connectivity index (χ4v) is 3.11. The molecule has 0 aliphatic carbocycles. The predicted molar refractivity (Wildman–Crippen MR) is 91.1 cm³/mol. The number of carbonyl (C=O) groups is 1. The summed E-state index contributed by atoms with van der Waals surface area (Å²) in [5.74, 6) is 0.172. The quantitative estimate of drug-likeness (QED) is 0.519. The van der Waals surface area contributed by atoms with Crippen LogP contribution in [0.3, 0.4) is 0 Å².